The SMILES string of the molecule is C=C1O[C@H]1NC. The van der Waals surface area contributed by atoms with Gasteiger partial charge in [0.25, 0.3) is 0 Å². The van der Waals surface area contributed by atoms with E-state index in [1.54, 1.807) is 0 Å². The molecule has 0 spiro atoms. The van der Waals surface area contributed by atoms with Crippen LogP contribution >= 0.6 is 0 Å². The zero-order chi connectivity index (χ0) is 4.57. The van der Waals surface area contributed by atoms with Crippen molar-refractivity contribution in [1.29, 1.82) is 0 Å². The molecular weight excluding hydrogens is 78.0 g/mol. The fourth-order valence-corrected chi connectivity index (χ4v) is 0.337. The molecule has 1 rings (SSSR count). The van der Waals surface area contributed by atoms with E-state index in [0.717, 1.165) is 5.76 Å². The van der Waals surface area contributed by atoms with E-state index in [4.69, 9.17) is 4.74 Å². The summed E-state index contributed by atoms with van der Waals surface area (Å²) >= 11 is 0. The van der Waals surface area contributed by atoms with Gasteiger partial charge in [-0.1, -0.05) is 6.58 Å². The number of hydrogen-bond acceptors (Lipinski definition) is 2. The van der Waals surface area contributed by atoms with Crippen molar-refractivity contribution in [3.63, 3.8) is 0 Å². The van der Waals surface area contributed by atoms with Crippen molar-refractivity contribution in [2.45, 2.75) is 6.23 Å². The summed E-state index contributed by atoms with van der Waals surface area (Å²) in [5.74, 6) is 0.845. The first-order valence-electron chi connectivity index (χ1n) is 1.87. The van der Waals surface area contributed by atoms with Gasteiger partial charge < -0.3 is 4.74 Å². The number of epoxide rings is 1. The van der Waals surface area contributed by atoms with E-state index in [1.165, 1.54) is 0 Å². The first kappa shape index (κ1) is 3.68. The van der Waals surface area contributed by atoms with Gasteiger partial charge in [0.15, 0.2) is 0 Å². The first-order chi connectivity index (χ1) is 2.84. The van der Waals surface area contributed by atoms with Gasteiger partial charge in [-0.25, -0.2) is 0 Å². The molecule has 0 radical (unpaired) electrons. The van der Waals surface area contributed by atoms with Crippen molar-refractivity contribution < 1.29 is 4.74 Å². The fourth-order valence-electron chi connectivity index (χ4n) is 0.337. The third kappa shape index (κ3) is 0.389. The largest absolute Gasteiger partial charge is 0.467 e. The van der Waals surface area contributed by atoms with Crippen molar-refractivity contribution >= 4 is 0 Å². The van der Waals surface area contributed by atoms with Crippen LogP contribution in [0.15, 0.2) is 12.3 Å². The quantitative estimate of drug-likeness (QED) is 0.456. The molecule has 6 heavy (non-hydrogen) atoms. The zero-order valence-electron chi connectivity index (χ0n) is 3.69. The van der Waals surface area contributed by atoms with Crippen LogP contribution < -0.4 is 5.32 Å². The predicted octanol–water partition coefficient (Wildman–Crippen LogP) is 0.0758. The van der Waals surface area contributed by atoms with Crippen molar-refractivity contribution in [1.82, 2.24) is 5.32 Å². The van der Waals surface area contributed by atoms with E-state index in [9.17, 15) is 0 Å². The Bertz CT molecular complexity index is 79.6. The number of nitrogens with one attached hydrogen (secondary N) is 1. The molecule has 1 saturated heterocycles. The summed E-state index contributed by atoms with van der Waals surface area (Å²) in [5, 5.41) is 2.87. The topological polar surface area (TPSA) is 24.6 Å². The summed E-state index contributed by atoms with van der Waals surface area (Å²) < 4.78 is 4.76. The molecule has 1 aliphatic rings. The Kier molecular flexibility index (Phi) is 0.601. The normalized spacial score (nSPS) is 29.5. The number of hydrogen-bond donors (Lipinski definition) is 1. The summed E-state index contributed by atoms with van der Waals surface area (Å²) in [6, 6.07) is 0. The van der Waals surface area contributed by atoms with Gasteiger partial charge in [-0.2, -0.15) is 0 Å². The molecule has 0 saturated carbocycles. The Labute approximate surface area is 36.8 Å². The highest BCUT2D eigenvalue weighted by Crippen LogP contribution is 2.19. The minimum atomic E-state index is 0.157. The van der Waals surface area contributed by atoms with Crippen LogP contribution in [0.25, 0.3) is 0 Å². The van der Waals surface area contributed by atoms with Crippen LogP contribution in [0.2, 0.25) is 0 Å². The second-order valence-electron chi connectivity index (χ2n) is 1.25. The van der Waals surface area contributed by atoms with Gasteiger partial charge in [0.2, 0.25) is 6.23 Å². The number of likely N-dealkylation sites (N-methyl/N-ethyl adjacent to an activating group) is 1. The third-order valence-electron chi connectivity index (χ3n) is 0.767. The lowest BCUT2D eigenvalue weighted by Crippen LogP contribution is -2.07. The maximum absolute atomic E-state index is 4.76. The molecule has 0 unspecified atom stereocenters. The Hall–Kier alpha value is -0.500. The maximum atomic E-state index is 4.76. The van der Waals surface area contributed by atoms with Gasteiger partial charge in [0.05, 0.1) is 0 Å². The highest BCUT2D eigenvalue weighted by molar-refractivity contribution is 5.05. The van der Waals surface area contributed by atoms with Crippen molar-refractivity contribution in [3.05, 3.63) is 12.3 Å². The highest BCUT2D eigenvalue weighted by Gasteiger charge is 2.27. The first-order valence-corrected chi connectivity index (χ1v) is 1.87. The monoisotopic (exact) mass is 85.1 g/mol. The smallest absolute Gasteiger partial charge is 0.207 e. The van der Waals surface area contributed by atoms with Crippen molar-refractivity contribution in [2.75, 3.05) is 7.05 Å². The Morgan fingerprint density at radius 3 is 2.50 bits per heavy atom. The Balaban J connectivity index is 2.26. The van der Waals surface area contributed by atoms with Crippen LogP contribution in [0.4, 0.5) is 0 Å². The minimum Gasteiger partial charge on any atom is -0.467 e. The van der Waals surface area contributed by atoms with Gasteiger partial charge in [-0.3, -0.25) is 5.32 Å². The van der Waals surface area contributed by atoms with E-state index in [2.05, 4.69) is 11.9 Å². The van der Waals surface area contributed by atoms with Crippen molar-refractivity contribution in [3.8, 4) is 0 Å². The molecule has 1 heterocycles. The summed E-state index contributed by atoms with van der Waals surface area (Å²) in [7, 11) is 1.84. The second-order valence-corrected chi connectivity index (χ2v) is 1.25. The molecule has 0 aliphatic carbocycles. The van der Waals surface area contributed by atoms with Crippen LogP contribution in [-0.4, -0.2) is 13.3 Å². The maximum Gasteiger partial charge on any atom is 0.207 e. The summed E-state index contributed by atoms with van der Waals surface area (Å²) in [6.07, 6.45) is 0.157. The number of rotatable bonds is 1. The predicted molar refractivity (Wildman–Crippen MR) is 23.1 cm³/mol. The van der Waals surface area contributed by atoms with Crippen LogP contribution in [-0.2, 0) is 4.74 Å². The van der Waals surface area contributed by atoms with Gasteiger partial charge in [0, 0.05) is 0 Å². The molecule has 1 fully saturated rings. The Morgan fingerprint density at radius 2 is 2.50 bits per heavy atom. The molecular formula is C4H7NO. The molecule has 0 aromatic rings. The molecule has 0 aromatic carbocycles. The molecule has 1 aliphatic heterocycles. The van der Waals surface area contributed by atoms with Crippen molar-refractivity contribution in [2.24, 2.45) is 0 Å². The highest BCUT2D eigenvalue weighted by atomic mass is 16.6. The fraction of sp³-hybridized carbons (Fsp3) is 0.500. The van der Waals surface area contributed by atoms with Crippen LogP contribution in [0.5, 0.6) is 0 Å². The van der Waals surface area contributed by atoms with Gasteiger partial charge in [0.1, 0.15) is 5.76 Å². The van der Waals surface area contributed by atoms with E-state index < -0.39 is 0 Å². The molecule has 2 heteroatoms. The van der Waals surface area contributed by atoms with Crippen LogP contribution in [0.3, 0.4) is 0 Å². The lowest BCUT2D eigenvalue weighted by Gasteiger charge is -1.75. The Morgan fingerprint density at radius 1 is 2.00 bits per heavy atom. The standard InChI is InChI=1S/C4H7NO/c1-3-4(5-2)6-3/h4-5H,1H2,2H3/t4-/m1/s1. The molecule has 0 aromatic heterocycles. The van der Waals surface area contributed by atoms with E-state index in [-0.39, 0.29) is 6.23 Å². The lowest BCUT2D eigenvalue weighted by atomic mass is 10.6. The van der Waals surface area contributed by atoms with Gasteiger partial charge >= 0.3 is 0 Å². The zero-order valence-corrected chi connectivity index (χ0v) is 3.69. The lowest BCUT2D eigenvalue weighted by molar-refractivity contribution is 0.398. The van der Waals surface area contributed by atoms with E-state index in [0.29, 0.717) is 0 Å². The average Bonchev–Trinajstić information content (AvgIpc) is 2.19. The molecule has 2 nitrogen and oxygen atoms in total. The summed E-state index contributed by atoms with van der Waals surface area (Å²) in [6.45, 7) is 3.53. The summed E-state index contributed by atoms with van der Waals surface area (Å²) in [4.78, 5) is 0. The minimum absolute atomic E-state index is 0.157. The molecule has 1 N–H and O–H groups in total. The van der Waals surface area contributed by atoms with E-state index >= 15 is 0 Å². The van der Waals surface area contributed by atoms with E-state index in [1.807, 2.05) is 7.05 Å². The molecule has 0 amide bonds. The van der Waals surface area contributed by atoms with Crippen LogP contribution in [0.1, 0.15) is 0 Å². The number of ether oxygens (including phenoxy) is 1. The van der Waals surface area contributed by atoms with Gasteiger partial charge in [-0.05, 0) is 7.05 Å². The van der Waals surface area contributed by atoms with Crippen LogP contribution in [0, 0.1) is 0 Å². The summed E-state index contributed by atoms with van der Waals surface area (Å²) in [5.41, 5.74) is 0. The third-order valence-corrected chi connectivity index (χ3v) is 0.767. The molecule has 34 valence electrons. The van der Waals surface area contributed by atoms with Gasteiger partial charge in [-0.15, -0.1) is 0 Å². The second kappa shape index (κ2) is 0.980. The average molecular weight is 85.1 g/mol. The molecule has 1 atom stereocenters. The molecule has 0 bridgehead atoms.